The van der Waals surface area contributed by atoms with Crippen molar-refractivity contribution in [3.8, 4) is 0 Å². The predicted octanol–water partition coefficient (Wildman–Crippen LogP) is 1.55. The molecule has 0 fully saturated rings. The maximum absolute atomic E-state index is 10.6. The highest BCUT2D eigenvalue weighted by Crippen LogP contribution is 2.15. The molecular weight excluding hydrogens is 192 g/mol. The number of anilines is 1. The van der Waals surface area contributed by atoms with Crippen molar-refractivity contribution in [1.29, 1.82) is 0 Å². The molecule has 0 spiro atoms. The van der Waals surface area contributed by atoms with E-state index in [1.807, 2.05) is 0 Å². The molecule has 15 heavy (non-hydrogen) atoms. The molecule has 1 aromatic rings. The lowest BCUT2D eigenvalue weighted by molar-refractivity contribution is 0.0690. The number of carbonyl (C=O) groups is 1. The van der Waals surface area contributed by atoms with Gasteiger partial charge in [-0.3, -0.25) is 0 Å². The van der Waals surface area contributed by atoms with Crippen LogP contribution in [0.25, 0.3) is 0 Å². The van der Waals surface area contributed by atoms with Gasteiger partial charge < -0.3 is 10.0 Å². The van der Waals surface area contributed by atoms with Crippen molar-refractivity contribution >= 4 is 11.7 Å². The summed E-state index contributed by atoms with van der Waals surface area (Å²) >= 11 is 0. The Morgan fingerprint density at radius 1 is 1.40 bits per heavy atom. The average molecular weight is 204 g/mol. The van der Waals surface area contributed by atoms with Crippen LogP contribution < -0.4 is 4.90 Å². The van der Waals surface area contributed by atoms with Crippen LogP contribution in [0.5, 0.6) is 0 Å². The van der Waals surface area contributed by atoms with Crippen LogP contribution in [0.1, 0.15) is 16.9 Å². The van der Waals surface area contributed by atoms with Gasteiger partial charge in [-0.25, -0.2) is 9.78 Å². The molecule has 0 atom stereocenters. The van der Waals surface area contributed by atoms with Gasteiger partial charge in [0.1, 0.15) is 5.69 Å². The first-order valence-corrected chi connectivity index (χ1v) is 4.86. The zero-order chi connectivity index (χ0) is 10.7. The second-order valence-electron chi connectivity index (χ2n) is 3.41. The van der Waals surface area contributed by atoms with Crippen molar-refractivity contribution in [2.75, 3.05) is 18.0 Å². The van der Waals surface area contributed by atoms with Crippen LogP contribution >= 0.6 is 0 Å². The van der Waals surface area contributed by atoms with E-state index in [4.69, 9.17) is 5.11 Å². The highest BCUT2D eigenvalue weighted by molar-refractivity contribution is 5.85. The van der Waals surface area contributed by atoms with Gasteiger partial charge in [0.15, 0.2) is 0 Å². The molecule has 0 aliphatic carbocycles. The number of aromatic nitrogens is 1. The number of carboxylic acids is 1. The largest absolute Gasteiger partial charge is 0.477 e. The summed E-state index contributed by atoms with van der Waals surface area (Å²) in [6.07, 6.45) is 6.90. The lowest BCUT2D eigenvalue weighted by Crippen LogP contribution is -2.26. The fraction of sp³-hybridized carbons (Fsp3) is 0.273. The molecule has 0 aromatic carbocycles. The summed E-state index contributed by atoms with van der Waals surface area (Å²) < 4.78 is 0. The van der Waals surface area contributed by atoms with Crippen molar-refractivity contribution in [1.82, 2.24) is 4.98 Å². The Labute approximate surface area is 87.9 Å². The van der Waals surface area contributed by atoms with Gasteiger partial charge in [0.05, 0.1) is 11.9 Å². The molecule has 2 rings (SSSR count). The number of hydrogen-bond acceptors (Lipinski definition) is 3. The van der Waals surface area contributed by atoms with Crippen LogP contribution in [0, 0.1) is 0 Å². The summed E-state index contributed by atoms with van der Waals surface area (Å²) in [6, 6.07) is 3.34. The highest BCUT2D eigenvalue weighted by atomic mass is 16.4. The molecule has 0 amide bonds. The quantitative estimate of drug-likeness (QED) is 0.742. The number of pyridine rings is 1. The average Bonchev–Trinajstić information content (AvgIpc) is 2.30. The smallest absolute Gasteiger partial charge is 0.354 e. The van der Waals surface area contributed by atoms with E-state index in [0.29, 0.717) is 0 Å². The molecule has 78 valence electrons. The van der Waals surface area contributed by atoms with Crippen molar-refractivity contribution in [3.05, 3.63) is 36.2 Å². The molecule has 0 saturated carbocycles. The fourth-order valence-electron chi connectivity index (χ4n) is 1.58. The van der Waals surface area contributed by atoms with Crippen LogP contribution in [0.15, 0.2) is 30.5 Å². The van der Waals surface area contributed by atoms with E-state index >= 15 is 0 Å². The molecule has 0 saturated heterocycles. The Morgan fingerprint density at radius 3 is 2.80 bits per heavy atom. The summed E-state index contributed by atoms with van der Waals surface area (Å²) in [6.45, 7) is 1.83. The molecule has 1 aliphatic rings. The first kappa shape index (κ1) is 9.71. The SMILES string of the molecule is O=C(O)c1ccc(N2CC=CCC2)cn1. The number of rotatable bonds is 2. The fourth-order valence-corrected chi connectivity index (χ4v) is 1.58. The summed E-state index contributed by atoms with van der Waals surface area (Å²) in [5.41, 5.74) is 1.07. The second-order valence-corrected chi connectivity index (χ2v) is 3.41. The topological polar surface area (TPSA) is 53.4 Å². The van der Waals surface area contributed by atoms with E-state index in [0.717, 1.165) is 25.2 Å². The molecule has 1 N–H and O–H groups in total. The van der Waals surface area contributed by atoms with Crippen molar-refractivity contribution in [3.63, 3.8) is 0 Å². The third-order valence-electron chi connectivity index (χ3n) is 2.39. The Morgan fingerprint density at radius 2 is 2.27 bits per heavy atom. The Balaban J connectivity index is 2.16. The van der Waals surface area contributed by atoms with Gasteiger partial charge in [0.25, 0.3) is 0 Å². The summed E-state index contributed by atoms with van der Waals surface area (Å²) in [5, 5.41) is 8.70. The van der Waals surface area contributed by atoms with E-state index in [2.05, 4.69) is 22.0 Å². The van der Waals surface area contributed by atoms with Gasteiger partial charge in [0.2, 0.25) is 0 Å². The van der Waals surface area contributed by atoms with Gasteiger partial charge in [0, 0.05) is 13.1 Å². The molecule has 2 heterocycles. The van der Waals surface area contributed by atoms with Crippen molar-refractivity contribution < 1.29 is 9.90 Å². The lowest BCUT2D eigenvalue weighted by Gasteiger charge is -2.25. The minimum absolute atomic E-state index is 0.0892. The molecule has 0 unspecified atom stereocenters. The maximum atomic E-state index is 10.6. The van der Waals surface area contributed by atoms with E-state index in [-0.39, 0.29) is 5.69 Å². The molecular formula is C11H12N2O2. The second kappa shape index (κ2) is 4.13. The summed E-state index contributed by atoms with van der Waals surface area (Å²) in [7, 11) is 0. The van der Waals surface area contributed by atoms with Crippen LogP contribution in [0.2, 0.25) is 0 Å². The van der Waals surface area contributed by atoms with E-state index in [9.17, 15) is 4.79 Å². The van der Waals surface area contributed by atoms with Gasteiger partial charge in [-0.1, -0.05) is 12.2 Å². The monoisotopic (exact) mass is 204 g/mol. The van der Waals surface area contributed by atoms with Gasteiger partial charge in [-0.15, -0.1) is 0 Å². The van der Waals surface area contributed by atoms with Gasteiger partial charge >= 0.3 is 5.97 Å². The Bertz CT molecular complexity index is 384. The minimum Gasteiger partial charge on any atom is -0.477 e. The third kappa shape index (κ3) is 2.15. The third-order valence-corrected chi connectivity index (χ3v) is 2.39. The standard InChI is InChI=1S/C11H12N2O2/c14-11(15)10-5-4-9(8-12-10)13-6-2-1-3-7-13/h1-2,4-5,8H,3,6-7H2,(H,14,15). The molecule has 0 bridgehead atoms. The zero-order valence-corrected chi connectivity index (χ0v) is 8.26. The van der Waals surface area contributed by atoms with Crippen molar-refractivity contribution in [2.45, 2.75) is 6.42 Å². The molecule has 4 nitrogen and oxygen atoms in total. The lowest BCUT2D eigenvalue weighted by atomic mass is 10.2. The van der Waals surface area contributed by atoms with E-state index < -0.39 is 5.97 Å². The zero-order valence-electron chi connectivity index (χ0n) is 8.26. The van der Waals surface area contributed by atoms with Crippen LogP contribution in [0.4, 0.5) is 5.69 Å². The number of aromatic carboxylic acids is 1. The molecule has 1 aliphatic heterocycles. The first-order chi connectivity index (χ1) is 7.27. The number of carboxylic acid groups (broad SMARTS) is 1. The van der Waals surface area contributed by atoms with Crippen LogP contribution in [0.3, 0.4) is 0 Å². The normalized spacial score (nSPS) is 15.3. The number of nitrogens with zero attached hydrogens (tertiary/aromatic N) is 2. The van der Waals surface area contributed by atoms with Gasteiger partial charge in [-0.2, -0.15) is 0 Å². The Hall–Kier alpha value is -1.84. The van der Waals surface area contributed by atoms with E-state index in [1.165, 1.54) is 6.07 Å². The molecule has 0 radical (unpaired) electrons. The Kier molecular flexibility index (Phi) is 2.67. The van der Waals surface area contributed by atoms with Gasteiger partial charge in [-0.05, 0) is 18.6 Å². The highest BCUT2D eigenvalue weighted by Gasteiger charge is 2.09. The predicted molar refractivity (Wildman–Crippen MR) is 57.2 cm³/mol. The maximum Gasteiger partial charge on any atom is 0.354 e. The molecule has 4 heteroatoms. The summed E-state index contributed by atoms with van der Waals surface area (Å²) in [5.74, 6) is -0.986. The van der Waals surface area contributed by atoms with Crippen molar-refractivity contribution in [2.24, 2.45) is 0 Å². The van der Waals surface area contributed by atoms with Crippen LogP contribution in [-0.4, -0.2) is 29.1 Å². The number of hydrogen-bond donors (Lipinski definition) is 1. The molecule has 1 aromatic heterocycles. The first-order valence-electron chi connectivity index (χ1n) is 4.86. The van der Waals surface area contributed by atoms with E-state index in [1.54, 1.807) is 12.3 Å². The van der Waals surface area contributed by atoms with Crippen LogP contribution in [-0.2, 0) is 0 Å². The minimum atomic E-state index is -0.986. The summed E-state index contributed by atoms with van der Waals surface area (Å²) in [4.78, 5) is 16.7.